The van der Waals surface area contributed by atoms with Crippen molar-refractivity contribution < 1.29 is 19.0 Å². The molecule has 0 aliphatic carbocycles. The number of pyridine rings is 1. The van der Waals surface area contributed by atoms with Crippen molar-refractivity contribution in [2.24, 2.45) is 0 Å². The summed E-state index contributed by atoms with van der Waals surface area (Å²) in [7, 11) is 1.34. The standard InChI is InChI=1S/C12H13NO4/c1-15-12(14)10-6-9(7-13-8-10)2-3-11-16-4-5-17-11/h2-3,6-8,11H,4-5H2,1H3/b3-2+. The number of ether oxygens (including phenoxy) is 3. The summed E-state index contributed by atoms with van der Waals surface area (Å²) in [5.74, 6) is -0.402. The van der Waals surface area contributed by atoms with Crippen LogP contribution in [0.2, 0.25) is 0 Å². The van der Waals surface area contributed by atoms with Gasteiger partial charge < -0.3 is 14.2 Å². The second kappa shape index (κ2) is 5.56. The van der Waals surface area contributed by atoms with Crippen LogP contribution in [-0.4, -0.2) is 37.6 Å². The van der Waals surface area contributed by atoms with Gasteiger partial charge in [0.15, 0.2) is 6.29 Å². The molecule has 0 N–H and O–H groups in total. The Morgan fingerprint density at radius 3 is 2.94 bits per heavy atom. The summed E-state index contributed by atoms with van der Waals surface area (Å²) in [4.78, 5) is 15.3. The largest absolute Gasteiger partial charge is 0.465 e. The second-order valence-electron chi connectivity index (χ2n) is 3.47. The van der Waals surface area contributed by atoms with Gasteiger partial charge in [0, 0.05) is 12.4 Å². The summed E-state index contributed by atoms with van der Waals surface area (Å²) >= 11 is 0. The summed E-state index contributed by atoms with van der Waals surface area (Å²) in [6, 6.07) is 1.70. The third-order valence-electron chi connectivity index (χ3n) is 2.27. The number of rotatable bonds is 3. The smallest absolute Gasteiger partial charge is 0.339 e. The lowest BCUT2D eigenvalue weighted by atomic mass is 10.2. The summed E-state index contributed by atoms with van der Waals surface area (Å²) in [6.07, 6.45) is 6.39. The van der Waals surface area contributed by atoms with Gasteiger partial charge in [0.2, 0.25) is 0 Å². The first-order chi connectivity index (χ1) is 8.29. The van der Waals surface area contributed by atoms with Gasteiger partial charge in [-0.3, -0.25) is 4.98 Å². The van der Waals surface area contributed by atoms with Crippen LogP contribution in [0.5, 0.6) is 0 Å². The molecule has 17 heavy (non-hydrogen) atoms. The Hall–Kier alpha value is -1.72. The summed E-state index contributed by atoms with van der Waals surface area (Å²) < 4.78 is 15.1. The van der Waals surface area contributed by atoms with Crippen molar-refractivity contribution in [3.8, 4) is 0 Å². The second-order valence-corrected chi connectivity index (χ2v) is 3.47. The quantitative estimate of drug-likeness (QED) is 0.738. The fourth-order valence-electron chi connectivity index (χ4n) is 1.46. The highest BCUT2D eigenvalue weighted by atomic mass is 16.7. The minimum Gasteiger partial charge on any atom is -0.465 e. The molecule has 1 aliphatic heterocycles. The number of nitrogens with zero attached hydrogens (tertiary/aromatic N) is 1. The topological polar surface area (TPSA) is 57.7 Å². The maximum absolute atomic E-state index is 11.3. The van der Waals surface area contributed by atoms with E-state index < -0.39 is 5.97 Å². The first-order valence-electron chi connectivity index (χ1n) is 5.24. The molecule has 1 aromatic heterocycles. The molecular formula is C12H13NO4. The molecule has 0 atom stereocenters. The summed E-state index contributed by atoms with van der Waals surface area (Å²) in [5, 5.41) is 0. The fraction of sp³-hybridized carbons (Fsp3) is 0.333. The molecule has 1 aliphatic rings. The molecule has 0 radical (unpaired) electrons. The predicted molar refractivity (Wildman–Crippen MR) is 60.3 cm³/mol. The van der Waals surface area contributed by atoms with Crippen molar-refractivity contribution in [2.45, 2.75) is 6.29 Å². The number of aromatic nitrogens is 1. The molecule has 0 bridgehead atoms. The van der Waals surface area contributed by atoms with Gasteiger partial charge in [0.05, 0.1) is 25.9 Å². The molecule has 0 aromatic carbocycles. The number of hydrogen-bond donors (Lipinski definition) is 0. The molecule has 0 saturated carbocycles. The van der Waals surface area contributed by atoms with Crippen molar-refractivity contribution >= 4 is 12.0 Å². The summed E-state index contributed by atoms with van der Waals surface area (Å²) in [5.41, 5.74) is 1.22. The maximum atomic E-state index is 11.3. The van der Waals surface area contributed by atoms with Crippen LogP contribution in [0, 0.1) is 0 Å². The number of hydrogen-bond acceptors (Lipinski definition) is 5. The zero-order valence-corrected chi connectivity index (χ0v) is 9.46. The van der Waals surface area contributed by atoms with Gasteiger partial charge in [0.1, 0.15) is 0 Å². The molecule has 5 heteroatoms. The normalized spacial score (nSPS) is 16.5. The molecule has 1 saturated heterocycles. The Labute approximate surface area is 99.0 Å². The van der Waals surface area contributed by atoms with Crippen molar-refractivity contribution in [1.29, 1.82) is 0 Å². The van der Waals surface area contributed by atoms with Crippen LogP contribution in [0.15, 0.2) is 24.5 Å². The molecule has 2 rings (SSSR count). The van der Waals surface area contributed by atoms with Gasteiger partial charge in [-0.2, -0.15) is 0 Å². The number of carbonyl (C=O) groups is 1. The average Bonchev–Trinajstić information content (AvgIpc) is 2.89. The van der Waals surface area contributed by atoms with Gasteiger partial charge in [-0.1, -0.05) is 6.08 Å². The Balaban J connectivity index is 2.07. The van der Waals surface area contributed by atoms with E-state index in [1.165, 1.54) is 13.3 Å². The van der Waals surface area contributed by atoms with E-state index in [9.17, 15) is 4.79 Å². The number of carbonyl (C=O) groups excluding carboxylic acids is 1. The minimum atomic E-state index is -0.402. The molecule has 0 amide bonds. The Kier molecular flexibility index (Phi) is 3.85. The van der Waals surface area contributed by atoms with E-state index in [0.717, 1.165) is 5.56 Å². The molecule has 0 unspecified atom stereocenters. The highest BCUT2D eigenvalue weighted by Crippen LogP contribution is 2.10. The van der Waals surface area contributed by atoms with Crippen LogP contribution in [0.1, 0.15) is 15.9 Å². The van der Waals surface area contributed by atoms with Gasteiger partial charge in [0.25, 0.3) is 0 Å². The summed E-state index contributed by atoms with van der Waals surface area (Å²) in [6.45, 7) is 1.21. The third kappa shape index (κ3) is 3.12. The maximum Gasteiger partial charge on any atom is 0.339 e. The van der Waals surface area contributed by atoms with E-state index in [1.54, 1.807) is 24.4 Å². The molecule has 1 aromatic rings. The molecular weight excluding hydrogens is 222 g/mol. The molecule has 5 nitrogen and oxygen atoms in total. The SMILES string of the molecule is COC(=O)c1cncc(/C=C/C2OCCO2)c1. The van der Waals surface area contributed by atoms with Crippen molar-refractivity contribution in [2.75, 3.05) is 20.3 Å². The van der Waals surface area contributed by atoms with Crippen LogP contribution in [0.3, 0.4) is 0 Å². The van der Waals surface area contributed by atoms with Crippen molar-refractivity contribution in [3.05, 3.63) is 35.7 Å². The lowest BCUT2D eigenvalue weighted by Gasteiger charge is -2.02. The zero-order chi connectivity index (χ0) is 12.1. The monoisotopic (exact) mass is 235 g/mol. The Bertz CT molecular complexity index is 424. The van der Waals surface area contributed by atoms with Gasteiger partial charge in [-0.05, 0) is 17.7 Å². The van der Waals surface area contributed by atoms with Gasteiger partial charge in [-0.15, -0.1) is 0 Å². The number of esters is 1. The molecule has 0 spiro atoms. The average molecular weight is 235 g/mol. The van der Waals surface area contributed by atoms with E-state index in [0.29, 0.717) is 18.8 Å². The highest BCUT2D eigenvalue weighted by Gasteiger charge is 2.11. The van der Waals surface area contributed by atoms with Gasteiger partial charge >= 0.3 is 5.97 Å². The predicted octanol–water partition coefficient (Wildman–Crippen LogP) is 1.25. The molecule has 90 valence electrons. The van der Waals surface area contributed by atoms with Gasteiger partial charge in [-0.25, -0.2) is 4.79 Å². The molecule has 1 fully saturated rings. The van der Waals surface area contributed by atoms with E-state index >= 15 is 0 Å². The van der Waals surface area contributed by atoms with Crippen molar-refractivity contribution in [3.63, 3.8) is 0 Å². The Morgan fingerprint density at radius 1 is 1.47 bits per heavy atom. The van der Waals surface area contributed by atoms with Crippen LogP contribution >= 0.6 is 0 Å². The Morgan fingerprint density at radius 2 is 2.24 bits per heavy atom. The highest BCUT2D eigenvalue weighted by molar-refractivity contribution is 5.89. The van der Waals surface area contributed by atoms with E-state index in [-0.39, 0.29) is 6.29 Å². The van der Waals surface area contributed by atoms with Crippen LogP contribution in [-0.2, 0) is 14.2 Å². The van der Waals surface area contributed by atoms with Crippen LogP contribution < -0.4 is 0 Å². The number of methoxy groups -OCH3 is 1. The minimum absolute atomic E-state index is 0.309. The van der Waals surface area contributed by atoms with E-state index in [4.69, 9.17) is 9.47 Å². The lowest BCUT2D eigenvalue weighted by Crippen LogP contribution is -2.03. The first-order valence-corrected chi connectivity index (χ1v) is 5.24. The fourth-order valence-corrected chi connectivity index (χ4v) is 1.46. The van der Waals surface area contributed by atoms with E-state index in [2.05, 4.69) is 9.72 Å². The molecule has 2 heterocycles. The first kappa shape index (κ1) is 11.8. The van der Waals surface area contributed by atoms with Crippen LogP contribution in [0.25, 0.3) is 6.08 Å². The lowest BCUT2D eigenvalue weighted by molar-refractivity contribution is -0.000910. The van der Waals surface area contributed by atoms with Crippen LogP contribution in [0.4, 0.5) is 0 Å². The zero-order valence-electron chi connectivity index (χ0n) is 9.46. The van der Waals surface area contributed by atoms with Crippen molar-refractivity contribution in [1.82, 2.24) is 4.98 Å². The third-order valence-corrected chi connectivity index (χ3v) is 2.27. The van der Waals surface area contributed by atoms with E-state index in [1.807, 2.05) is 0 Å².